The molecule has 1 aliphatic rings. The molecular formula is C16H13ClN6S. The molecule has 0 fully saturated rings. The van der Waals surface area contributed by atoms with E-state index in [0.717, 1.165) is 28.7 Å². The number of halogens is 1. The molecule has 0 bridgehead atoms. The zero-order chi connectivity index (χ0) is 16.5. The van der Waals surface area contributed by atoms with Crippen LogP contribution < -0.4 is 5.32 Å². The summed E-state index contributed by atoms with van der Waals surface area (Å²) in [5, 5.41) is 8.63. The van der Waals surface area contributed by atoms with Crippen molar-refractivity contribution in [3.8, 4) is 0 Å². The van der Waals surface area contributed by atoms with E-state index in [1.54, 1.807) is 11.3 Å². The molecule has 0 saturated heterocycles. The van der Waals surface area contributed by atoms with Crippen molar-refractivity contribution in [1.82, 2.24) is 9.97 Å². The fourth-order valence-electron chi connectivity index (χ4n) is 2.99. The number of hydrogen-bond donors (Lipinski definition) is 1. The van der Waals surface area contributed by atoms with Crippen LogP contribution in [0.2, 0.25) is 5.02 Å². The van der Waals surface area contributed by atoms with Crippen molar-refractivity contribution in [2.45, 2.75) is 25.7 Å². The Hall–Kier alpha value is -2.34. The fraction of sp³-hybridized carbons (Fsp3) is 0.250. The molecule has 0 aliphatic heterocycles. The first-order valence-corrected chi connectivity index (χ1v) is 8.84. The van der Waals surface area contributed by atoms with Crippen molar-refractivity contribution in [3.63, 3.8) is 0 Å². The smallest absolute Gasteiger partial charge is 0.219 e. The first-order chi connectivity index (χ1) is 11.7. The average Bonchev–Trinajstić information content (AvgIpc) is 2.96. The van der Waals surface area contributed by atoms with Gasteiger partial charge in [0, 0.05) is 20.5 Å². The van der Waals surface area contributed by atoms with E-state index in [0.29, 0.717) is 10.8 Å². The van der Waals surface area contributed by atoms with Crippen LogP contribution in [0.1, 0.15) is 23.3 Å². The topological polar surface area (TPSA) is 86.6 Å². The lowest BCUT2D eigenvalue weighted by molar-refractivity contribution is 0.700. The molecule has 0 spiro atoms. The number of nitrogens with one attached hydrogen (secondary N) is 1. The molecule has 8 heteroatoms. The van der Waals surface area contributed by atoms with Gasteiger partial charge in [0.05, 0.1) is 5.39 Å². The molecule has 1 aliphatic carbocycles. The lowest BCUT2D eigenvalue weighted by Crippen LogP contribution is -2.01. The molecule has 1 N–H and O–H groups in total. The monoisotopic (exact) mass is 356 g/mol. The molecule has 4 rings (SSSR count). The Balaban J connectivity index is 1.88. The van der Waals surface area contributed by atoms with Crippen LogP contribution in [0.5, 0.6) is 0 Å². The van der Waals surface area contributed by atoms with E-state index in [1.807, 2.05) is 24.3 Å². The average molecular weight is 357 g/mol. The van der Waals surface area contributed by atoms with Crippen molar-refractivity contribution in [1.29, 1.82) is 0 Å². The van der Waals surface area contributed by atoms with Gasteiger partial charge in [0.15, 0.2) is 0 Å². The lowest BCUT2D eigenvalue weighted by atomic mass is 9.97. The minimum absolute atomic E-state index is 0.139. The first-order valence-electron chi connectivity index (χ1n) is 7.64. The van der Waals surface area contributed by atoms with Crippen LogP contribution in [-0.2, 0) is 12.8 Å². The number of hydrogen-bond acceptors (Lipinski definition) is 5. The van der Waals surface area contributed by atoms with E-state index >= 15 is 0 Å². The predicted octanol–water partition coefficient (Wildman–Crippen LogP) is 5.91. The van der Waals surface area contributed by atoms with Gasteiger partial charge >= 0.3 is 0 Å². The van der Waals surface area contributed by atoms with Gasteiger partial charge in [-0.3, -0.25) is 0 Å². The van der Waals surface area contributed by atoms with Crippen LogP contribution in [0, 0.1) is 0 Å². The third-order valence-electron chi connectivity index (χ3n) is 4.04. The van der Waals surface area contributed by atoms with E-state index < -0.39 is 0 Å². The maximum atomic E-state index is 8.71. The molecule has 0 amide bonds. The second-order valence-corrected chi connectivity index (χ2v) is 7.10. The van der Waals surface area contributed by atoms with Crippen LogP contribution in [0.3, 0.4) is 0 Å². The molecule has 0 unspecified atom stereocenters. The minimum atomic E-state index is 0.139. The van der Waals surface area contributed by atoms with E-state index in [2.05, 4.69) is 25.3 Å². The number of thiophene rings is 1. The van der Waals surface area contributed by atoms with Gasteiger partial charge in [-0.2, -0.15) is 0 Å². The van der Waals surface area contributed by atoms with Gasteiger partial charge < -0.3 is 5.32 Å². The van der Waals surface area contributed by atoms with Gasteiger partial charge in [-0.1, -0.05) is 11.6 Å². The minimum Gasteiger partial charge on any atom is -0.340 e. The van der Waals surface area contributed by atoms with Gasteiger partial charge in [0.2, 0.25) is 5.95 Å². The number of fused-ring (bicyclic) bond motifs is 3. The Morgan fingerprint density at radius 3 is 2.75 bits per heavy atom. The number of aromatic nitrogens is 2. The van der Waals surface area contributed by atoms with Crippen molar-refractivity contribution in [3.05, 3.63) is 50.2 Å². The summed E-state index contributed by atoms with van der Waals surface area (Å²) in [5.74, 6) is 0.823. The van der Waals surface area contributed by atoms with Crippen LogP contribution >= 0.6 is 22.9 Å². The second-order valence-electron chi connectivity index (χ2n) is 5.58. The van der Waals surface area contributed by atoms with Crippen LogP contribution in [0.15, 0.2) is 29.4 Å². The summed E-state index contributed by atoms with van der Waals surface area (Å²) >= 11 is 7.62. The number of rotatable bonds is 3. The number of aryl methyl sites for hydroxylation is 2. The maximum Gasteiger partial charge on any atom is 0.219 e. The number of azide groups is 1. The highest BCUT2D eigenvalue weighted by molar-refractivity contribution is 7.19. The molecule has 0 radical (unpaired) electrons. The zero-order valence-electron chi connectivity index (χ0n) is 12.7. The highest BCUT2D eigenvalue weighted by Crippen LogP contribution is 2.40. The highest BCUT2D eigenvalue weighted by atomic mass is 35.5. The summed E-state index contributed by atoms with van der Waals surface area (Å²) in [4.78, 5) is 13.9. The molecule has 120 valence electrons. The Morgan fingerprint density at radius 1 is 1.17 bits per heavy atom. The molecule has 0 saturated carbocycles. The molecule has 1 aromatic carbocycles. The molecule has 6 nitrogen and oxygen atoms in total. The standard InChI is InChI=1S/C16H13ClN6S/c17-9-5-7-10(8-6-9)19-14-13-11-3-1-2-4-12(11)24-15(13)21-16(20-14)22-23-18/h5-8H,1-4H2,(H,19,20,21). The van der Waals surface area contributed by atoms with Gasteiger partial charge in [-0.15, -0.1) is 11.3 Å². The molecule has 24 heavy (non-hydrogen) atoms. The Kier molecular flexibility index (Phi) is 3.98. The third kappa shape index (κ3) is 2.78. The van der Waals surface area contributed by atoms with Crippen LogP contribution in [0.4, 0.5) is 17.5 Å². The largest absolute Gasteiger partial charge is 0.340 e. The van der Waals surface area contributed by atoms with Crippen molar-refractivity contribution < 1.29 is 0 Å². The van der Waals surface area contributed by atoms with Crippen molar-refractivity contribution in [2.75, 3.05) is 5.32 Å². The molecule has 2 heterocycles. The Labute approximate surface area is 147 Å². The van der Waals surface area contributed by atoms with E-state index in [4.69, 9.17) is 17.1 Å². The highest BCUT2D eigenvalue weighted by Gasteiger charge is 2.21. The first kappa shape index (κ1) is 15.2. The van der Waals surface area contributed by atoms with Gasteiger partial charge in [-0.25, -0.2) is 9.97 Å². The van der Waals surface area contributed by atoms with Crippen LogP contribution in [0.25, 0.3) is 20.7 Å². The quantitative estimate of drug-likeness (QED) is 0.359. The second kappa shape index (κ2) is 6.28. The molecule has 2 aromatic heterocycles. The lowest BCUT2D eigenvalue weighted by Gasteiger charge is -2.13. The van der Waals surface area contributed by atoms with Crippen LogP contribution in [-0.4, -0.2) is 9.97 Å². The number of anilines is 2. The SMILES string of the molecule is [N-]=[N+]=Nc1nc(Nc2ccc(Cl)cc2)c2c3c(sc2n1)CCCC3. The molecular weight excluding hydrogens is 344 g/mol. The number of benzene rings is 1. The summed E-state index contributed by atoms with van der Waals surface area (Å²) in [6.45, 7) is 0. The normalized spacial score (nSPS) is 13.4. The molecule has 0 atom stereocenters. The Morgan fingerprint density at radius 2 is 1.96 bits per heavy atom. The van der Waals surface area contributed by atoms with Gasteiger partial charge in [0.1, 0.15) is 10.6 Å². The summed E-state index contributed by atoms with van der Waals surface area (Å²) in [6.07, 6.45) is 4.50. The van der Waals surface area contributed by atoms with Gasteiger partial charge in [-0.05, 0) is 66.2 Å². The van der Waals surface area contributed by atoms with Gasteiger partial charge in [0.25, 0.3) is 0 Å². The van der Waals surface area contributed by atoms with E-state index in [9.17, 15) is 0 Å². The summed E-state index contributed by atoms with van der Waals surface area (Å²) < 4.78 is 0. The summed E-state index contributed by atoms with van der Waals surface area (Å²) in [6, 6.07) is 7.42. The van der Waals surface area contributed by atoms with Crippen molar-refractivity contribution in [2.24, 2.45) is 5.11 Å². The summed E-state index contributed by atoms with van der Waals surface area (Å²) in [7, 11) is 0. The summed E-state index contributed by atoms with van der Waals surface area (Å²) in [5.41, 5.74) is 10.9. The molecule has 3 aromatic rings. The number of nitrogens with zero attached hydrogens (tertiary/aromatic N) is 5. The fourth-order valence-corrected chi connectivity index (χ4v) is 4.37. The zero-order valence-corrected chi connectivity index (χ0v) is 14.2. The Bertz CT molecular complexity index is 959. The van der Waals surface area contributed by atoms with Crippen molar-refractivity contribution >= 4 is 50.6 Å². The maximum absolute atomic E-state index is 8.71. The predicted molar refractivity (Wildman–Crippen MR) is 97.6 cm³/mol. The van der Waals surface area contributed by atoms with E-state index in [-0.39, 0.29) is 5.95 Å². The third-order valence-corrected chi connectivity index (χ3v) is 5.48. The van der Waals surface area contributed by atoms with E-state index in [1.165, 1.54) is 23.3 Å².